The maximum Gasteiger partial charge on any atom is 0.223 e. The molecule has 1 aromatic carbocycles. The van der Waals surface area contributed by atoms with E-state index in [4.69, 9.17) is 0 Å². The largest absolute Gasteiger partial charge is 0.507 e. The predicted octanol–water partition coefficient (Wildman–Crippen LogP) is 2.91. The van der Waals surface area contributed by atoms with Crippen LogP contribution in [0.25, 0.3) is 11.4 Å². The van der Waals surface area contributed by atoms with E-state index in [9.17, 15) is 5.11 Å². The molecule has 3 rings (SSSR count). The lowest BCUT2D eigenvalue weighted by Crippen LogP contribution is -2.08. The molecule has 0 saturated carbocycles. The number of nitrogens with one attached hydrogen (secondary N) is 1. The first-order chi connectivity index (χ1) is 11.6. The van der Waals surface area contributed by atoms with E-state index in [2.05, 4.69) is 25.3 Å². The average Bonchev–Trinajstić information content (AvgIpc) is 2.61. The molecule has 0 atom stereocenters. The van der Waals surface area contributed by atoms with Gasteiger partial charge in [-0.05, 0) is 43.0 Å². The lowest BCUT2D eigenvalue weighted by Gasteiger charge is -2.09. The fourth-order valence-electron chi connectivity index (χ4n) is 2.53. The molecule has 0 aliphatic carbocycles. The Balaban J connectivity index is 1.65. The number of hydrogen-bond acceptors (Lipinski definition) is 6. The Labute approximate surface area is 140 Å². The molecule has 0 unspecified atom stereocenters. The van der Waals surface area contributed by atoms with Crippen LogP contribution in [-0.2, 0) is 6.42 Å². The van der Waals surface area contributed by atoms with E-state index in [0.717, 1.165) is 23.2 Å². The van der Waals surface area contributed by atoms with Gasteiger partial charge in [0, 0.05) is 25.1 Å². The summed E-state index contributed by atoms with van der Waals surface area (Å²) < 4.78 is 0. The summed E-state index contributed by atoms with van der Waals surface area (Å²) in [5.74, 6) is 0.928. The number of hydrogen-bond donors (Lipinski definition) is 2. The molecule has 3 aromatic rings. The zero-order chi connectivity index (χ0) is 16.9. The SMILES string of the molecule is Cc1cc(CCNc2nccc(-c3cnccn3)n2)cc(C)c1O. The molecule has 6 nitrogen and oxygen atoms in total. The quantitative estimate of drug-likeness (QED) is 0.752. The van der Waals surface area contributed by atoms with Crippen molar-refractivity contribution >= 4 is 5.95 Å². The van der Waals surface area contributed by atoms with Crippen LogP contribution in [0.2, 0.25) is 0 Å². The highest BCUT2D eigenvalue weighted by atomic mass is 16.3. The number of aromatic nitrogens is 4. The van der Waals surface area contributed by atoms with Gasteiger partial charge in [-0.3, -0.25) is 9.97 Å². The summed E-state index contributed by atoms with van der Waals surface area (Å²) in [4.78, 5) is 17.0. The lowest BCUT2D eigenvalue weighted by molar-refractivity contribution is 0.466. The summed E-state index contributed by atoms with van der Waals surface area (Å²) in [6.07, 6.45) is 7.47. The van der Waals surface area contributed by atoms with Crippen molar-refractivity contribution in [2.75, 3.05) is 11.9 Å². The van der Waals surface area contributed by atoms with E-state index >= 15 is 0 Å². The third-order valence-electron chi connectivity index (χ3n) is 3.73. The van der Waals surface area contributed by atoms with E-state index in [0.29, 0.717) is 23.9 Å². The van der Waals surface area contributed by atoms with Crippen LogP contribution in [0.4, 0.5) is 5.95 Å². The molecule has 2 heterocycles. The maximum absolute atomic E-state index is 9.83. The number of benzene rings is 1. The second-order valence-electron chi connectivity index (χ2n) is 5.61. The predicted molar refractivity (Wildman–Crippen MR) is 92.8 cm³/mol. The Morgan fingerprint density at radius 1 is 1.00 bits per heavy atom. The second kappa shape index (κ2) is 7.04. The molecule has 0 aliphatic heterocycles. The van der Waals surface area contributed by atoms with Gasteiger partial charge >= 0.3 is 0 Å². The van der Waals surface area contributed by atoms with Crippen LogP contribution in [0.1, 0.15) is 16.7 Å². The number of anilines is 1. The highest BCUT2D eigenvalue weighted by molar-refractivity contribution is 5.53. The number of phenolic OH excluding ortho intramolecular Hbond substituents is 1. The van der Waals surface area contributed by atoms with E-state index in [1.165, 1.54) is 5.56 Å². The first-order valence-corrected chi connectivity index (χ1v) is 7.76. The van der Waals surface area contributed by atoms with Crippen molar-refractivity contribution in [3.63, 3.8) is 0 Å². The lowest BCUT2D eigenvalue weighted by atomic mass is 10.0. The number of phenols is 1. The van der Waals surface area contributed by atoms with Gasteiger partial charge in [-0.25, -0.2) is 9.97 Å². The number of rotatable bonds is 5. The third-order valence-corrected chi connectivity index (χ3v) is 3.73. The molecule has 0 aliphatic rings. The van der Waals surface area contributed by atoms with Gasteiger partial charge in [0.25, 0.3) is 0 Å². The summed E-state index contributed by atoms with van der Waals surface area (Å²) in [6.45, 7) is 4.52. The Hall–Kier alpha value is -3.02. The number of nitrogens with zero attached hydrogens (tertiary/aromatic N) is 4. The first kappa shape index (κ1) is 15.9. The number of aromatic hydroxyl groups is 1. The molecule has 0 radical (unpaired) electrons. The van der Waals surface area contributed by atoms with Gasteiger partial charge in [-0.15, -0.1) is 0 Å². The molecule has 2 N–H and O–H groups in total. The van der Waals surface area contributed by atoms with Crippen LogP contribution in [0, 0.1) is 13.8 Å². The molecule has 6 heteroatoms. The van der Waals surface area contributed by atoms with Gasteiger partial charge in [0.1, 0.15) is 11.4 Å². The monoisotopic (exact) mass is 321 g/mol. The molecule has 2 aromatic heterocycles. The Morgan fingerprint density at radius 2 is 1.79 bits per heavy atom. The van der Waals surface area contributed by atoms with Gasteiger partial charge in [0.05, 0.1) is 11.9 Å². The van der Waals surface area contributed by atoms with Gasteiger partial charge in [0.2, 0.25) is 5.95 Å². The van der Waals surface area contributed by atoms with Gasteiger partial charge < -0.3 is 10.4 Å². The van der Waals surface area contributed by atoms with Crippen LogP contribution in [0.15, 0.2) is 43.0 Å². The first-order valence-electron chi connectivity index (χ1n) is 7.76. The molecular formula is C18H19N5O. The van der Waals surface area contributed by atoms with Crippen LogP contribution < -0.4 is 5.32 Å². The van der Waals surface area contributed by atoms with Gasteiger partial charge in [-0.2, -0.15) is 0 Å². The average molecular weight is 321 g/mol. The summed E-state index contributed by atoms with van der Waals surface area (Å²) in [6, 6.07) is 5.81. The Kier molecular flexibility index (Phi) is 4.65. The minimum absolute atomic E-state index is 0.367. The van der Waals surface area contributed by atoms with E-state index in [1.54, 1.807) is 24.8 Å². The van der Waals surface area contributed by atoms with Gasteiger partial charge in [0.15, 0.2) is 0 Å². The molecule has 24 heavy (non-hydrogen) atoms. The molecular weight excluding hydrogens is 302 g/mol. The van der Waals surface area contributed by atoms with Crippen molar-refractivity contribution in [3.05, 3.63) is 59.7 Å². The highest BCUT2D eigenvalue weighted by Gasteiger charge is 2.05. The maximum atomic E-state index is 9.83. The molecule has 0 amide bonds. The smallest absolute Gasteiger partial charge is 0.223 e. The van der Waals surface area contributed by atoms with Crippen molar-refractivity contribution in [1.82, 2.24) is 19.9 Å². The molecule has 0 spiro atoms. The fourth-order valence-corrected chi connectivity index (χ4v) is 2.53. The molecule has 0 fully saturated rings. The van der Waals surface area contributed by atoms with E-state index in [-0.39, 0.29) is 0 Å². The number of aryl methyl sites for hydroxylation is 2. The van der Waals surface area contributed by atoms with Crippen LogP contribution >= 0.6 is 0 Å². The molecule has 0 bridgehead atoms. The highest BCUT2D eigenvalue weighted by Crippen LogP contribution is 2.23. The zero-order valence-electron chi connectivity index (χ0n) is 13.7. The fraction of sp³-hybridized carbons (Fsp3) is 0.222. The summed E-state index contributed by atoms with van der Waals surface area (Å²) in [7, 11) is 0. The zero-order valence-corrected chi connectivity index (χ0v) is 13.7. The third kappa shape index (κ3) is 3.65. The van der Waals surface area contributed by atoms with Crippen LogP contribution in [0.3, 0.4) is 0 Å². The second-order valence-corrected chi connectivity index (χ2v) is 5.61. The Bertz CT molecular complexity index is 813. The standard InChI is InChI=1S/C18H19N5O/c1-12-9-14(10-13(2)17(12)24)3-5-21-18-22-6-4-15(23-18)16-11-19-7-8-20-16/h4,6-11,24H,3,5H2,1-2H3,(H,21,22,23). The van der Waals surface area contributed by atoms with Crippen molar-refractivity contribution in [2.24, 2.45) is 0 Å². The van der Waals surface area contributed by atoms with Crippen molar-refractivity contribution < 1.29 is 5.11 Å². The van der Waals surface area contributed by atoms with Crippen molar-refractivity contribution in [3.8, 4) is 17.1 Å². The molecule has 122 valence electrons. The van der Waals surface area contributed by atoms with Crippen LogP contribution in [0.5, 0.6) is 5.75 Å². The minimum atomic E-state index is 0.367. The molecule has 0 saturated heterocycles. The van der Waals surface area contributed by atoms with E-state index < -0.39 is 0 Å². The topological polar surface area (TPSA) is 83.8 Å². The van der Waals surface area contributed by atoms with Crippen LogP contribution in [-0.4, -0.2) is 31.6 Å². The summed E-state index contributed by atoms with van der Waals surface area (Å²) in [5.41, 5.74) is 4.40. The Morgan fingerprint density at radius 3 is 2.50 bits per heavy atom. The summed E-state index contributed by atoms with van der Waals surface area (Å²) >= 11 is 0. The van der Waals surface area contributed by atoms with E-state index in [1.807, 2.05) is 32.0 Å². The summed E-state index contributed by atoms with van der Waals surface area (Å²) in [5, 5.41) is 13.1. The van der Waals surface area contributed by atoms with Crippen molar-refractivity contribution in [1.29, 1.82) is 0 Å². The normalized spacial score (nSPS) is 10.6. The van der Waals surface area contributed by atoms with Crippen molar-refractivity contribution in [2.45, 2.75) is 20.3 Å². The minimum Gasteiger partial charge on any atom is -0.507 e. The van der Waals surface area contributed by atoms with Gasteiger partial charge in [-0.1, -0.05) is 12.1 Å².